The third kappa shape index (κ3) is 5.20. The smallest absolute Gasteiger partial charge is 0.230 e. The maximum atomic E-state index is 13.2. The highest BCUT2D eigenvalue weighted by molar-refractivity contribution is 7.07. The summed E-state index contributed by atoms with van der Waals surface area (Å²) in [4.78, 5) is 17.4. The van der Waals surface area contributed by atoms with Gasteiger partial charge in [-0.15, -0.1) is 23.7 Å². The third-order valence-electron chi connectivity index (χ3n) is 3.79. The number of hydrogen-bond donors (Lipinski definition) is 1. The van der Waals surface area contributed by atoms with Crippen molar-refractivity contribution in [2.24, 2.45) is 12.0 Å². The van der Waals surface area contributed by atoms with E-state index in [4.69, 9.17) is 16.9 Å². The fraction of sp³-hybridized carbons (Fsp3) is 0.105. The number of rotatable bonds is 4. The molecule has 0 fully saturated rings. The molecule has 3 aromatic rings. The maximum absolute atomic E-state index is 13.2. The van der Waals surface area contributed by atoms with Gasteiger partial charge in [-0.25, -0.2) is 9.38 Å². The van der Waals surface area contributed by atoms with Crippen LogP contribution in [0.15, 0.2) is 52.8 Å². The van der Waals surface area contributed by atoms with E-state index in [2.05, 4.69) is 10.3 Å². The lowest BCUT2D eigenvalue weighted by Crippen LogP contribution is -2.19. The van der Waals surface area contributed by atoms with Gasteiger partial charge < -0.3 is 9.88 Å². The Morgan fingerprint density at radius 1 is 1.32 bits per heavy atom. The molecule has 2 aromatic carbocycles. The van der Waals surface area contributed by atoms with Crippen LogP contribution in [0.25, 0.3) is 0 Å². The molecule has 0 spiro atoms. The van der Waals surface area contributed by atoms with Crippen LogP contribution in [0.4, 0.5) is 15.8 Å². The molecule has 0 bridgehead atoms. The first kappa shape index (κ1) is 21.6. The Morgan fingerprint density at radius 3 is 2.68 bits per heavy atom. The summed E-state index contributed by atoms with van der Waals surface area (Å²) in [6.07, 6.45) is 0.173. The normalized spacial score (nSPS) is 10.9. The molecule has 28 heavy (non-hydrogen) atoms. The summed E-state index contributed by atoms with van der Waals surface area (Å²) in [7, 11) is 1.81. The first-order valence-electron chi connectivity index (χ1n) is 7.89. The zero-order valence-corrected chi connectivity index (χ0v) is 17.0. The SMILES string of the molecule is Cl.Cn1c(CC(=O)Nc2ccc(C#N)cc2)cs/c1=N/c1ccc(F)c(Cl)c1. The zero-order valence-electron chi connectivity index (χ0n) is 14.6. The minimum absolute atomic E-state index is 0. The van der Waals surface area contributed by atoms with Gasteiger partial charge in [0.2, 0.25) is 5.91 Å². The molecule has 1 amide bonds. The van der Waals surface area contributed by atoms with Crippen LogP contribution in [-0.2, 0) is 18.3 Å². The Balaban J connectivity index is 0.00000280. The monoisotopic (exact) mass is 436 g/mol. The molecule has 1 N–H and O–H groups in total. The van der Waals surface area contributed by atoms with E-state index in [1.54, 1.807) is 28.8 Å². The highest BCUT2D eigenvalue weighted by Gasteiger charge is 2.09. The number of nitrogens with one attached hydrogen (secondary N) is 1. The Hall–Kier alpha value is -2.66. The van der Waals surface area contributed by atoms with Crippen LogP contribution in [-0.4, -0.2) is 10.5 Å². The van der Waals surface area contributed by atoms with Crippen LogP contribution in [0, 0.1) is 17.1 Å². The van der Waals surface area contributed by atoms with Crippen molar-refractivity contribution in [1.29, 1.82) is 5.26 Å². The second kappa shape index (κ2) is 9.51. The summed E-state index contributed by atoms with van der Waals surface area (Å²) in [5, 5.41) is 13.5. The average molecular weight is 437 g/mol. The summed E-state index contributed by atoms with van der Waals surface area (Å²) in [6.45, 7) is 0. The van der Waals surface area contributed by atoms with Gasteiger partial charge in [-0.2, -0.15) is 5.26 Å². The topological polar surface area (TPSA) is 70.2 Å². The number of carbonyl (C=O) groups is 1. The van der Waals surface area contributed by atoms with Crippen molar-refractivity contribution < 1.29 is 9.18 Å². The summed E-state index contributed by atoms with van der Waals surface area (Å²) in [6, 6.07) is 12.9. The molecule has 5 nitrogen and oxygen atoms in total. The highest BCUT2D eigenvalue weighted by atomic mass is 35.5. The molecule has 0 aliphatic heterocycles. The molecular weight excluding hydrogens is 422 g/mol. The number of halogens is 3. The van der Waals surface area contributed by atoms with Crippen LogP contribution in [0.1, 0.15) is 11.3 Å². The molecule has 0 radical (unpaired) electrons. The van der Waals surface area contributed by atoms with Crippen molar-refractivity contribution >= 4 is 52.6 Å². The average Bonchev–Trinajstić information content (AvgIpc) is 2.98. The lowest BCUT2D eigenvalue weighted by atomic mass is 10.2. The van der Waals surface area contributed by atoms with Crippen molar-refractivity contribution in [2.45, 2.75) is 6.42 Å². The van der Waals surface area contributed by atoms with Crippen LogP contribution >= 0.6 is 35.3 Å². The molecule has 1 heterocycles. The van der Waals surface area contributed by atoms with Gasteiger partial charge in [0.1, 0.15) is 5.82 Å². The molecule has 0 atom stereocenters. The van der Waals surface area contributed by atoms with E-state index in [0.717, 1.165) is 5.69 Å². The maximum Gasteiger partial charge on any atom is 0.230 e. The van der Waals surface area contributed by atoms with Crippen molar-refractivity contribution in [3.8, 4) is 6.07 Å². The third-order valence-corrected chi connectivity index (χ3v) is 5.04. The minimum atomic E-state index is -0.494. The quantitative estimate of drug-likeness (QED) is 0.649. The van der Waals surface area contributed by atoms with E-state index >= 15 is 0 Å². The van der Waals surface area contributed by atoms with E-state index in [9.17, 15) is 9.18 Å². The molecule has 0 unspecified atom stereocenters. The van der Waals surface area contributed by atoms with Crippen LogP contribution in [0.5, 0.6) is 0 Å². The number of amides is 1. The molecule has 9 heteroatoms. The number of nitriles is 1. The van der Waals surface area contributed by atoms with E-state index in [-0.39, 0.29) is 29.8 Å². The molecular formula is C19H15Cl2FN4OS. The molecule has 0 aliphatic carbocycles. The van der Waals surface area contributed by atoms with Gasteiger partial charge in [-0.05, 0) is 42.5 Å². The molecule has 0 saturated heterocycles. The number of nitrogens with zero attached hydrogens (tertiary/aromatic N) is 3. The van der Waals surface area contributed by atoms with Crippen LogP contribution in [0.2, 0.25) is 5.02 Å². The van der Waals surface area contributed by atoms with E-state index in [1.807, 2.05) is 18.5 Å². The first-order valence-corrected chi connectivity index (χ1v) is 9.15. The predicted octanol–water partition coefficient (Wildman–Crippen LogP) is 4.59. The molecule has 3 rings (SSSR count). The number of aromatic nitrogens is 1. The van der Waals surface area contributed by atoms with E-state index in [1.165, 1.54) is 29.5 Å². The molecule has 1 aromatic heterocycles. The number of anilines is 1. The van der Waals surface area contributed by atoms with Gasteiger partial charge >= 0.3 is 0 Å². The van der Waals surface area contributed by atoms with Crippen molar-refractivity contribution in [3.05, 3.63) is 74.7 Å². The van der Waals surface area contributed by atoms with Crippen molar-refractivity contribution in [2.75, 3.05) is 5.32 Å². The van der Waals surface area contributed by atoms with Gasteiger partial charge in [0, 0.05) is 23.8 Å². The fourth-order valence-corrected chi connectivity index (χ4v) is 3.42. The van der Waals surface area contributed by atoms with Crippen molar-refractivity contribution in [3.63, 3.8) is 0 Å². The summed E-state index contributed by atoms with van der Waals surface area (Å²) < 4.78 is 15.1. The predicted molar refractivity (Wildman–Crippen MR) is 111 cm³/mol. The molecule has 0 saturated carbocycles. The van der Waals surface area contributed by atoms with Gasteiger partial charge in [-0.1, -0.05) is 11.6 Å². The lowest BCUT2D eigenvalue weighted by molar-refractivity contribution is -0.115. The second-order valence-electron chi connectivity index (χ2n) is 5.69. The second-order valence-corrected chi connectivity index (χ2v) is 6.94. The summed E-state index contributed by atoms with van der Waals surface area (Å²) in [5.74, 6) is -0.671. The molecule has 144 valence electrons. The van der Waals surface area contributed by atoms with Crippen LogP contribution < -0.4 is 10.1 Å². The number of thiazole rings is 1. The Kier molecular flexibility index (Phi) is 7.35. The molecule has 0 aliphatic rings. The van der Waals surface area contributed by atoms with E-state index < -0.39 is 5.82 Å². The van der Waals surface area contributed by atoms with Gasteiger partial charge in [-0.3, -0.25) is 4.79 Å². The van der Waals surface area contributed by atoms with E-state index in [0.29, 0.717) is 21.7 Å². The number of benzene rings is 2. The number of carbonyl (C=O) groups excluding carboxylic acids is 1. The van der Waals surface area contributed by atoms with Gasteiger partial charge in [0.05, 0.1) is 28.8 Å². The lowest BCUT2D eigenvalue weighted by Gasteiger charge is -2.06. The highest BCUT2D eigenvalue weighted by Crippen LogP contribution is 2.21. The fourth-order valence-electron chi connectivity index (χ4n) is 2.33. The standard InChI is InChI=1S/C19H14ClFN4OS.ClH/c1-25-15(9-18(26)23-13-4-2-12(10-22)3-5-13)11-27-19(25)24-14-6-7-17(21)16(20)8-14;/h2-8,11H,9H2,1H3,(H,23,26);1H/b24-19+;. The summed E-state index contributed by atoms with van der Waals surface area (Å²) in [5.41, 5.74) is 2.48. The first-order chi connectivity index (χ1) is 13.0. The zero-order chi connectivity index (χ0) is 19.4. The minimum Gasteiger partial charge on any atom is -0.326 e. The van der Waals surface area contributed by atoms with Gasteiger partial charge in [0.25, 0.3) is 0 Å². The Morgan fingerprint density at radius 2 is 2.04 bits per heavy atom. The number of hydrogen-bond acceptors (Lipinski definition) is 4. The van der Waals surface area contributed by atoms with Crippen LogP contribution in [0.3, 0.4) is 0 Å². The Labute approximate surface area is 176 Å². The summed E-state index contributed by atoms with van der Waals surface area (Å²) >= 11 is 7.16. The van der Waals surface area contributed by atoms with Gasteiger partial charge in [0.15, 0.2) is 4.80 Å². The largest absolute Gasteiger partial charge is 0.326 e. The Bertz CT molecular complexity index is 1100. The van der Waals surface area contributed by atoms with Crippen molar-refractivity contribution in [1.82, 2.24) is 4.57 Å².